The lowest BCUT2D eigenvalue weighted by atomic mass is 10.4. The summed E-state index contributed by atoms with van der Waals surface area (Å²) < 4.78 is 0. The van der Waals surface area contributed by atoms with Crippen LogP contribution in [0.5, 0.6) is 0 Å². The summed E-state index contributed by atoms with van der Waals surface area (Å²) in [6, 6.07) is 2.41. The van der Waals surface area contributed by atoms with Crippen molar-refractivity contribution in [3.05, 3.63) is 11.8 Å². The summed E-state index contributed by atoms with van der Waals surface area (Å²) in [6.07, 6.45) is 2.42. The molecule has 1 aliphatic rings. The molecule has 2 rings (SSSR count). The Morgan fingerprint density at radius 1 is 1.46 bits per heavy atom. The zero-order chi connectivity index (χ0) is 9.26. The van der Waals surface area contributed by atoms with Crippen molar-refractivity contribution in [2.75, 3.05) is 11.1 Å². The third-order valence-corrected chi connectivity index (χ3v) is 1.93. The van der Waals surface area contributed by atoms with Gasteiger partial charge in [0.1, 0.15) is 5.82 Å². The Balaban J connectivity index is 2.17. The van der Waals surface area contributed by atoms with Crippen molar-refractivity contribution < 1.29 is 0 Å². The highest BCUT2D eigenvalue weighted by molar-refractivity contribution is 5.42. The molecule has 1 aromatic heterocycles. The topological polar surface area (TPSA) is 89.8 Å². The molecule has 1 aliphatic carbocycles. The lowest BCUT2D eigenvalue weighted by Crippen LogP contribution is -2.09. The van der Waals surface area contributed by atoms with E-state index in [-0.39, 0.29) is 5.95 Å². The highest BCUT2D eigenvalue weighted by Gasteiger charge is 2.21. The maximum atomic E-state index is 5.51. The maximum absolute atomic E-state index is 5.51. The third-order valence-electron chi connectivity index (χ3n) is 1.93. The average Bonchev–Trinajstić information content (AvgIpc) is 2.87. The van der Waals surface area contributed by atoms with E-state index in [9.17, 15) is 0 Å². The molecule has 5 N–H and O–H groups in total. The molecule has 1 saturated carbocycles. The molecule has 0 unspecified atom stereocenters. The summed E-state index contributed by atoms with van der Waals surface area (Å²) in [4.78, 5) is 8.04. The summed E-state index contributed by atoms with van der Waals surface area (Å²) >= 11 is 0. The summed E-state index contributed by atoms with van der Waals surface area (Å²) in [5.74, 6) is 1.07. The molecule has 1 fully saturated rings. The van der Waals surface area contributed by atoms with Crippen LogP contribution in [0.4, 0.5) is 11.8 Å². The van der Waals surface area contributed by atoms with E-state index in [1.54, 1.807) is 0 Å². The van der Waals surface area contributed by atoms with Gasteiger partial charge >= 0.3 is 0 Å². The van der Waals surface area contributed by atoms with Crippen LogP contribution in [0.25, 0.3) is 0 Å². The van der Waals surface area contributed by atoms with E-state index in [0.29, 0.717) is 12.6 Å². The molecule has 0 aliphatic heterocycles. The molecular weight excluding hydrogens is 166 g/mol. The highest BCUT2D eigenvalue weighted by atomic mass is 15.1. The van der Waals surface area contributed by atoms with E-state index in [4.69, 9.17) is 11.5 Å². The molecule has 70 valence electrons. The fourth-order valence-corrected chi connectivity index (χ4v) is 1.13. The van der Waals surface area contributed by atoms with Crippen LogP contribution in [0.2, 0.25) is 0 Å². The van der Waals surface area contributed by atoms with Crippen LogP contribution < -0.4 is 16.8 Å². The molecule has 1 aromatic rings. The minimum atomic E-state index is 0.283. The minimum Gasteiger partial charge on any atom is -0.368 e. The van der Waals surface area contributed by atoms with Gasteiger partial charge in [-0.2, -0.15) is 4.98 Å². The first kappa shape index (κ1) is 8.25. The Morgan fingerprint density at radius 3 is 2.85 bits per heavy atom. The van der Waals surface area contributed by atoms with E-state index in [1.165, 1.54) is 12.8 Å². The average molecular weight is 179 g/mol. The predicted molar refractivity (Wildman–Crippen MR) is 51.0 cm³/mol. The van der Waals surface area contributed by atoms with Gasteiger partial charge in [0.15, 0.2) is 0 Å². The monoisotopic (exact) mass is 179 g/mol. The number of nitrogens with one attached hydrogen (secondary N) is 1. The van der Waals surface area contributed by atoms with Crippen molar-refractivity contribution in [3.8, 4) is 0 Å². The molecule has 13 heavy (non-hydrogen) atoms. The second kappa shape index (κ2) is 3.18. The molecule has 0 amide bonds. The lowest BCUT2D eigenvalue weighted by Gasteiger charge is -2.05. The quantitative estimate of drug-likeness (QED) is 0.612. The third kappa shape index (κ3) is 2.06. The van der Waals surface area contributed by atoms with Gasteiger partial charge in [0.25, 0.3) is 0 Å². The van der Waals surface area contributed by atoms with Gasteiger partial charge in [-0.1, -0.05) is 0 Å². The Hall–Kier alpha value is -1.36. The van der Waals surface area contributed by atoms with Crippen molar-refractivity contribution in [2.45, 2.75) is 25.4 Å². The number of rotatable bonds is 3. The van der Waals surface area contributed by atoms with Crippen LogP contribution in [0.3, 0.4) is 0 Å². The molecule has 0 radical (unpaired) electrons. The summed E-state index contributed by atoms with van der Waals surface area (Å²) in [6.45, 7) is 0.395. The van der Waals surface area contributed by atoms with Gasteiger partial charge in [-0.15, -0.1) is 0 Å². The second-order valence-electron chi connectivity index (χ2n) is 3.23. The van der Waals surface area contributed by atoms with Gasteiger partial charge in [-0.05, 0) is 12.8 Å². The summed E-state index contributed by atoms with van der Waals surface area (Å²) in [5, 5.41) is 3.24. The van der Waals surface area contributed by atoms with Crippen LogP contribution in [0.1, 0.15) is 18.5 Å². The molecule has 0 atom stereocenters. The number of nitrogens with two attached hydrogens (primary N) is 2. The number of aromatic nitrogens is 2. The van der Waals surface area contributed by atoms with Gasteiger partial charge < -0.3 is 16.8 Å². The molecule has 5 heteroatoms. The molecule has 0 bridgehead atoms. The van der Waals surface area contributed by atoms with E-state index < -0.39 is 0 Å². The SMILES string of the molecule is NCc1cc(NC2CC2)nc(N)n1. The number of nitrogen functional groups attached to an aromatic ring is 1. The fraction of sp³-hybridized carbons (Fsp3) is 0.500. The smallest absolute Gasteiger partial charge is 0.222 e. The van der Waals surface area contributed by atoms with Crippen molar-refractivity contribution in [1.82, 2.24) is 9.97 Å². The Morgan fingerprint density at radius 2 is 2.23 bits per heavy atom. The Bertz CT molecular complexity index is 307. The predicted octanol–water partition coefficient (Wildman–Crippen LogP) is 0.0918. The van der Waals surface area contributed by atoms with Crippen LogP contribution in [0.15, 0.2) is 6.07 Å². The summed E-state index contributed by atoms with van der Waals surface area (Å²) in [7, 11) is 0. The van der Waals surface area contributed by atoms with E-state index >= 15 is 0 Å². The van der Waals surface area contributed by atoms with E-state index in [0.717, 1.165) is 11.5 Å². The summed E-state index contributed by atoms with van der Waals surface area (Å²) in [5.41, 5.74) is 11.7. The van der Waals surface area contributed by atoms with Crippen LogP contribution in [-0.4, -0.2) is 16.0 Å². The van der Waals surface area contributed by atoms with Crippen molar-refractivity contribution in [2.24, 2.45) is 5.73 Å². The Kier molecular flexibility index (Phi) is 2.02. The van der Waals surface area contributed by atoms with Gasteiger partial charge in [0.05, 0.1) is 5.69 Å². The van der Waals surface area contributed by atoms with Gasteiger partial charge in [-0.3, -0.25) is 0 Å². The van der Waals surface area contributed by atoms with E-state index in [2.05, 4.69) is 15.3 Å². The maximum Gasteiger partial charge on any atom is 0.222 e. The van der Waals surface area contributed by atoms with Crippen LogP contribution >= 0.6 is 0 Å². The van der Waals surface area contributed by atoms with E-state index in [1.807, 2.05) is 6.07 Å². The van der Waals surface area contributed by atoms with Crippen LogP contribution in [-0.2, 0) is 6.54 Å². The normalized spacial score (nSPS) is 15.8. The molecule has 5 nitrogen and oxygen atoms in total. The molecular formula is C8H13N5. The van der Waals surface area contributed by atoms with Gasteiger partial charge in [-0.25, -0.2) is 4.98 Å². The first-order valence-corrected chi connectivity index (χ1v) is 4.38. The Labute approximate surface area is 76.6 Å². The molecule has 0 spiro atoms. The first-order valence-electron chi connectivity index (χ1n) is 4.38. The standard InChI is InChI=1S/C8H13N5/c9-4-6-3-7(11-5-1-2-5)13-8(10)12-6/h3,5H,1-2,4,9H2,(H3,10,11,12,13). The molecule has 0 saturated heterocycles. The lowest BCUT2D eigenvalue weighted by molar-refractivity contribution is 0.965. The van der Waals surface area contributed by atoms with Crippen molar-refractivity contribution in [1.29, 1.82) is 0 Å². The minimum absolute atomic E-state index is 0.283. The first-order chi connectivity index (χ1) is 6.28. The number of nitrogens with zero attached hydrogens (tertiary/aromatic N) is 2. The molecule has 0 aromatic carbocycles. The van der Waals surface area contributed by atoms with Crippen molar-refractivity contribution >= 4 is 11.8 Å². The molecule has 1 heterocycles. The van der Waals surface area contributed by atoms with Gasteiger partial charge in [0, 0.05) is 18.7 Å². The zero-order valence-corrected chi connectivity index (χ0v) is 7.33. The second-order valence-corrected chi connectivity index (χ2v) is 3.23. The highest BCUT2D eigenvalue weighted by Crippen LogP contribution is 2.23. The van der Waals surface area contributed by atoms with Crippen molar-refractivity contribution in [3.63, 3.8) is 0 Å². The van der Waals surface area contributed by atoms with Crippen LogP contribution in [0, 0.1) is 0 Å². The van der Waals surface area contributed by atoms with Gasteiger partial charge in [0.2, 0.25) is 5.95 Å². The number of hydrogen-bond donors (Lipinski definition) is 3. The number of anilines is 2. The largest absolute Gasteiger partial charge is 0.368 e. The fourth-order valence-electron chi connectivity index (χ4n) is 1.13. The number of hydrogen-bond acceptors (Lipinski definition) is 5. The zero-order valence-electron chi connectivity index (χ0n) is 7.33.